The third-order valence-corrected chi connectivity index (χ3v) is 5.58. The first-order valence-corrected chi connectivity index (χ1v) is 10.3. The van der Waals surface area contributed by atoms with Crippen molar-refractivity contribution in [1.29, 1.82) is 0 Å². The van der Waals surface area contributed by atoms with E-state index < -0.39 is 0 Å². The minimum atomic E-state index is -0.0274. The molecule has 28 heavy (non-hydrogen) atoms. The molecule has 7 heteroatoms. The number of para-hydroxylation sites is 1. The van der Waals surface area contributed by atoms with Gasteiger partial charge in [-0.05, 0) is 50.8 Å². The number of carbonyl (C=O) groups excluding carboxylic acids is 2. The first-order valence-electron chi connectivity index (χ1n) is 10.3. The highest BCUT2D eigenvalue weighted by atomic mass is 16.5. The van der Waals surface area contributed by atoms with E-state index >= 15 is 0 Å². The third-order valence-electron chi connectivity index (χ3n) is 5.58. The molecule has 2 fully saturated rings. The number of rotatable bonds is 8. The molecule has 2 heterocycles. The molecule has 7 nitrogen and oxygen atoms in total. The predicted octanol–water partition coefficient (Wildman–Crippen LogP) is 0.892. The van der Waals surface area contributed by atoms with Crippen molar-refractivity contribution < 1.29 is 14.3 Å². The smallest absolute Gasteiger partial charge is 0.237 e. The Morgan fingerprint density at radius 2 is 2.07 bits per heavy atom. The van der Waals surface area contributed by atoms with Gasteiger partial charge in [-0.1, -0.05) is 18.2 Å². The topological polar surface area (TPSA) is 82.7 Å². The molecule has 0 saturated carbocycles. The zero-order valence-electron chi connectivity index (χ0n) is 16.7. The summed E-state index contributed by atoms with van der Waals surface area (Å²) in [4.78, 5) is 26.7. The SMILES string of the molecule is COc1ccccc1CNC(=O)CN1CCCC(CNC(=O)C2CCCN2)C1. The molecule has 0 aromatic heterocycles. The molecule has 2 unspecified atom stereocenters. The van der Waals surface area contributed by atoms with Gasteiger partial charge in [-0.3, -0.25) is 14.5 Å². The summed E-state index contributed by atoms with van der Waals surface area (Å²) >= 11 is 0. The second-order valence-corrected chi connectivity index (χ2v) is 7.73. The second-order valence-electron chi connectivity index (χ2n) is 7.73. The number of methoxy groups -OCH3 is 1. The Hall–Kier alpha value is -2.12. The van der Waals surface area contributed by atoms with Crippen molar-refractivity contribution in [3.05, 3.63) is 29.8 Å². The van der Waals surface area contributed by atoms with Gasteiger partial charge in [-0.15, -0.1) is 0 Å². The van der Waals surface area contributed by atoms with E-state index in [0.29, 0.717) is 25.6 Å². The average molecular weight is 389 g/mol. The van der Waals surface area contributed by atoms with Gasteiger partial charge in [0.2, 0.25) is 11.8 Å². The Labute approximate surface area is 167 Å². The molecule has 1 aromatic carbocycles. The highest BCUT2D eigenvalue weighted by Gasteiger charge is 2.25. The molecule has 154 valence electrons. The molecule has 0 aliphatic carbocycles. The summed E-state index contributed by atoms with van der Waals surface area (Å²) in [5.74, 6) is 1.32. The molecule has 0 radical (unpaired) electrons. The lowest BCUT2D eigenvalue weighted by molar-refractivity contribution is -0.124. The molecule has 2 amide bonds. The number of likely N-dealkylation sites (tertiary alicyclic amines) is 1. The molecule has 0 spiro atoms. The van der Waals surface area contributed by atoms with E-state index in [1.807, 2.05) is 24.3 Å². The molecule has 3 rings (SSSR count). The van der Waals surface area contributed by atoms with Gasteiger partial charge in [0.15, 0.2) is 0 Å². The fraction of sp³-hybridized carbons (Fsp3) is 0.619. The first-order chi connectivity index (χ1) is 13.7. The lowest BCUT2D eigenvalue weighted by atomic mass is 9.98. The van der Waals surface area contributed by atoms with Gasteiger partial charge in [0.25, 0.3) is 0 Å². The fourth-order valence-corrected chi connectivity index (χ4v) is 4.04. The Morgan fingerprint density at radius 3 is 2.86 bits per heavy atom. The summed E-state index contributed by atoms with van der Waals surface area (Å²) < 4.78 is 5.32. The van der Waals surface area contributed by atoms with Crippen LogP contribution in [0, 0.1) is 5.92 Å². The maximum atomic E-state index is 12.4. The second kappa shape index (κ2) is 10.4. The Kier molecular flexibility index (Phi) is 7.68. The van der Waals surface area contributed by atoms with Gasteiger partial charge in [-0.2, -0.15) is 0 Å². The van der Waals surface area contributed by atoms with Crippen molar-refractivity contribution in [3.8, 4) is 5.75 Å². The molecular formula is C21H32N4O3. The number of hydrogen-bond acceptors (Lipinski definition) is 5. The first kappa shape index (κ1) is 20.6. The van der Waals surface area contributed by atoms with Crippen LogP contribution in [0.5, 0.6) is 5.75 Å². The third kappa shape index (κ3) is 5.94. The molecule has 1 aromatic rings. The van der Waals surface area contributed by atoms with Crippen LogP contribution in [0.4, 0.5) is 0 Å². The summed E-state index contributed by atoms with van der Waals surface area (Å²) in [5.41, 5.74) is 0.970. The van der Waals surface area contributed by atoms with Crippen molar-refractivity contribution in [2.75, 3.05) is 39.8 Å². The standard InChI is InChI=1S/C21H32N4O3/c1-28-19-9-3-2-7-17(19)13-23-20(26)15-25-11-5-6-16(14-25)12-24-21(27)18-8-4-10-22-18/h2-3,7,9,16,18,22H,4-6,8,10-15H2,1H3,(H,23,26)(H,24,27). The Morgan fingerprint density at radius 1 is 1.21 bits per heavy atom. The van der Waals surface area contributed by atoms with Crippen LogP contribution in [0.15, 0.2) is 24.3 Å². The minimum Gasteiger partial charge on any atom is -0.496 e. The van der Waals surface area contributed by atoms with Gasteiger partial charge >= 0.3 is 0 Å². The van der Waals surface area contributed by atoms with Crippen molar-refractivity contribution in [2.45, 2.75) is 38.3 Å². The van der Waals surface area contributed by atoms with Crippen LogP contribution in [0.1, 0.15) is 31.2 Å². The van der Waals surface area contributed by atoms with Gasteiger partial charge < -0.3 is 20.7 Å². The zero-order valence-corrected chi connectivity index (χ0v) is 16.7. The number of hydrogen-bond donors (Lipinski definition) is 3. The zero-order chi connectivity index (χ0) is 19.8. The molecule has 0 bridgehead atoms. The maximum Gasteiger partial charge on any atom is 0.237 e. The van der Waals surface area contributed by atoms with Gasteiger partial charge in [-0.25, -0.2) is 0 Å². The summed E-state index contributed by atoms with van der Waals surface area (Å²) in [6, 6.07) is 7.68. The Bertz CT molecular complexity index is 661. The summed E-state index contributed by atoms with van der Waals surface area (Å²) in [6.07, 6.45) is 4.15. The van der Waals surface area contributed by atoms with Gasteiger partial charge in [0.1, 0.15) is 5.75 Å². The number of amides is 2. The number of ether oxygens (including phenoxy) is 1. The van der Waals surface area contributed by atoms with Crippen LogP contribution >= 0.6 is 0 Å². The number of carbonyl (C=O) groups is 2. The van der Waals surface area contributed by atoms with E-state index in [0.717, 1.165) is 56.6 Å². The quantitative estimate of drug-likeness (QED) is 0.616. The molecule has 2 aliphatic heterocycles. The predicted molar refractivity (Wildman–Crippen MR) is 108 cm³/mol. The number of nitrogens with one attached hydrogen (secondary N) is 3. The number of piperidine rings is 1. The van der Waals surface area contributed by atoms with Crippen molar-refractivity contribution in [1.82, 2.24) is 20.9 Å². The minimum absolute atomic E-state index is 0.0192. The van der Waals surface area contributed by atoms with E-state index in [-0.39, 0.29) is 17.9 Å². The van der Waals surface area contributed by atoms with E-state index in [1.165, 1.54) is 0 Å². The Balaban J connectivity index is 1.39. The molecule has 2 saturated heterocycles. The number of nitrogens with zero attached hydrogens (tertiary/aromatic N) is 1. The van der Waals surface area contributed by atoms with Crippen LogP contribution in [0.2, 0.25) is 0 Å². The molecular weight excluding hydrogens is 356 g/mol. The summed E-state index contributed by atoms with van der Waals surface area (Å²) in [5, 5.41) is 9.30. The van der Waals surface area contributed by atoms with Crippen molar-refractivity contribution >= 4 is 11.8 Å². The molecule has 2 atom stereocenters. The molecule has 2 aliphatic rings. The monoisotopic (exact) mass is 388 g/mol. The lowest BCUT2D eigenvalue weighted by Gasteiger charge is -2.32. The van der Waals surface area contributed by atoms with Crippen molar-refractivity contribution in [3.63, 3.8) is 0 Å². The van der Waals surface area contributed by atoms with Crippen LogP contribution in [0.25, 0.3) is 0 Å². The average Bonchev–Trinajstić information content (AvgIpc) is 3.26. The van der Waals surface area contributed by atoms with Gasteiger partial charge in [0, 0.05) is 25.2 Å². The lowest BCUT2D eigenvalue weighted by Crippen LogP contribution is -2.47. The van der Waals surface area contributed by atoms with Crippen LogP contribution in [0.3, 0.4) is 0 Å². The van der Waals surface area contributed by atoms with E-state index in [9.17, 15) is 9.59 Å². The van der Waals surface area contributed by atoms with Gasteiger partial charge in [0.05, 0.1) is 19.7 Å². The summed E-state index contributed by atoms with van der Waals surface area (Å²) in [7, 11) is 1.64. The highest BCUT2D eigenvalue weighted by Crippen LogP contribution is 2.17. The van der Waals surface area contributed by atoms with E-state index in [2.05, 4.69) is 20.9 Å². The fourth-order valence-electron chi connectivity index (χ4n) is 4.04. The van der Waals surface area contributed by atoms with Crippen molar-refractivity contribution in [2.24, 2.45) is 5.92 Å². The van der Waals surface area contributed by atoms with Crippen LogP contribution in [-0.4, -0.2) is 62.6 Å². The summed E-state index contributed by atoms with van der Waals surface area (Å²) in [6.45, 7) is 4.25. The van der Waals surface area contributed by atoms with Crippen LogP contribution < -0.4 is 20.7 Å². The van der Waals surface area contributed by atoms with E-state index in [1.54, 1.807) is 7.11 Å². The maximum absolute atomic E-state index is 12.4. The largest absolute Gasteiger partial charge is 0.496 e. The normalized spacial score (nSPS) is 22.6. The molecule has 3 N–H and O–H groups in total. The van der Waals surface area contributed by atoms with Crippen LogP contribution in [-0.2, 0) is 16.1 Å². The highest BCUT2D eigenvalue weighted by molar-refractivity contribution is 5.82. The number of benzene rings is 1. The van der Waals surface area contributed by atoms with E-state index in [4.69, 9.17) is 4.74 Å².